The van der Waals surface area contributed by atoms with Crippen LogP contribution >= 0.6 is 69.1 Å². The van der Waals surface area contributed by atoms with E-state index in [9.17, 15) is 34.4 Å². The first-order valence-corrected chi connectivity index (χ1v) is 23.9. The highest BCUT2D eigenvalue weighted by atomic mass is 35.5. The van der Waals surface area contributed by atoms with E-state index in [1.165, 1.54) is 85.9 Å². The third-order valence-electron chi connectivity index (χ3n) is 9.40. The van der Waals surface area contributed by atoms with Gasteiger partial charge in [0.15, 0.2) is 21.9 Å². The Balaban J connectivity index is 0.000000181. The summed E-state index contributed by atoms with van der Waals surface area (Å²) in [7, 11) is -7.49. The Hall–Kier alpha value is -3.56. The highest BCUT2D eigenvalue weighted by Crippen LogP contribution is 2.34. The molecule has 4 heterocycles. The first kappa shape index (κ1) is 44.5. The molecule has 2 aromatic heterocycles. The number of rotatable bonds is 8. The summed E-state index contributed by atoms with van der Waals surface area (Å²) in [4.78, 5) is 12.9. The lowest BCUT2D eigenvalue weighted by Crippen LogP contribution is -2.48. The number of sulfonamides is 2. The van der Waals surface area contributed by atoms with Gasteiger partial charge in [-0.25, -0.2) is 44.4 Å². The van der Waals surface area contributed by atoms with Crippen LogP contribution in [-0.2, 0) is 20.0 Å². The molecule has 0 amide bonds. The van der Waals surface area contributed by atoms with Crippen molar-refractivity contribution < 1.29 is 34.4 Å². The first-order chi connectivity index (χ1) is 28.5. The van der Waals surface area contributed by atoms with Gasteiger partial charge < -0.3 is 9.80 Å². The Kier molecular flexibility index (Phi) is 13.7. The maximum atomic E-state index is 13.5. The van der Waals surface area contributed by atoms with Crippen molar-refractivity contribution >= 4 is 99.4 Å². The van der Waals surface area contributed by atoms with Crippen molar-refractivity contribution in [2.75, 3.05) is 62.2 Å². The van der Waals surface area contributed by atoms with Gasteiger partial charge in [0.25, 0.3) is 0 Å². The summed E-state index contributed by atoms with van der Waals surface area (Å²) in [6.45, 7) is 2.77. The fourth-order valence-electron chi connectivity index (χ4n) is 6.33. The Morgan fingerprint density at radius 2 is 0.933 bits per heavy atom. The number of hydrogen-bond acceptors (Lipinski definition) is 10. The maximum absolute atomic E-state index is 13.5. The second-order valence-electron chi connectivity index (χ2n) is 13.2. The Morgan fingerprint density at radius 3 is 1.35 bits per heavy atom. The fraction of sp³-hybridized carbons (Fsp3) is 0.211. The normalized spacial score (nSPS) is 15.5. The average Bonchev–Trinajstić information content (AvgIpc) is 3.91. The van der Waals surface area contributed by atoms with E-state index < -0.39 is 43.3 Å². The molecule has 8 rings (SSSR count). The SMILES string of the molecule is O=S(=O)(c1ccc(Cl)cc1Cl)N1CCN(c2nc(-c3cc(F)cc(F)c3)cs2)CC1.O=S(=O)(c1ccc(Cl)cc1Cl)N1CCN(c2nc(-c3ccc(F)c(F)c3)cs2)CC1. The molecular formula is C38H30Cl4F4N6O4S4. The monoisotopic (exact) mass is 978 g/mol. The number of aromatic nitrogens is 2. The Morgan fingerprint density at radius 1 is 0.500 bits per heavy atom. The smallest absolute Gasteiger partial charge is 0.244 e. The van der Waals surface area contributed by atoms with Crippen molar-refractivity contribution in [1.29, 1.82) is 0 Å². The van der Waals surface area contributed by atoms with Crippen LogP contribution in [0.1, 0.15) is 0 Å². The zero-order chi connectivity index (χ0) is 42.9. The minimum absolute atomic E-state index is 0.0201. The molecule has 2 fully saturated rings. The molecule has 22 heteroatoms. The van der Waals surface area contributed by atoms with E-state index >= 15 is 0 Å². The summed E-state index contributed by atoms with van der Waals surface area (Å²) >= 11 is 26.6. The molecule has 0 spiro atoms. The van der Waals surface area contributed by atoms with Crippen LogP contribution in [0.25, 0.3) is 22.5 Å². The van der Waals surface area contributed by atoms with Gasteiger partial charge in [0.1, 0.15) is 21.4 Å². The summed E-state index contributed by atoms with van der Waals surface area (Å²) in [6, 6.07) is 15.5. The van der Waals surface area contributed by atoms with Gasteiger partial charge in [-0.1, -0.05) is 46.4 Å². The van der Waals surface area contributed by atoms with Crippen LogP contribution in [0.4, 0.5) is 27.8 Å². The molecule has 2 aliphatic heterocycles. The standard InChI is InChI=1S/2C19H15Cl2F2N3O2S2/c20-13-2-4-18(14(21)10-13)30(27,28)26-7-5-25(6-8-26)19-24-17(11-29-19)12-1-3-15(22)16(23)9-12;20-13-1-2-18(16(21)9-13)30(27,28)26-5-3-25(4-6-26)19-24-17(11-29-19)12-7-14(22)10-15(23)8-12/h1-4,9-11H,5-8H2;1-2,7-11H,3-6H2. The molecule has 6 aromatic rings. The van der Waals surface area contributed by atoms with Crippen LogP contribution in [-0.4, -0.2) is 87.8 Å². The molecule has 4 aromatic carbocycles. The van der Waals surface area contributed by atoms with Crippen LogP contribution < -0.4 is 9.80 Å². The number of nitrogens with zero attached hydrogens (tertiary/aromatic N) is 6. The summed E-state index contributed by atoms with van der Waals surface area (Å²) < 4.78 is 108. The first-order valence-electron chi connectivity index (χ1n) is 17.7. The molecule has 10 nitrogen and oxygen atoms in total. The molecule has 60 heavy (non-hydrogen) atoms. The lowest BCUT2D eigenvalue weighted by molar-refractivity contribution is 0.384. The number of thiazole rings is 2. The van der Waals surface area contributed by atoms with Crippen LogP contribution in [0.15, 0.2) is 93.3 Å². The number of halogens is 8. The van der Waals surface area contributed by atoms with Gasteiger partial charge in [-0.05, 0) is 66.7 Å². The van der Waals surface area contributed by atoms with Crippen molar-refractivity contribution in [3.8, 4) is 22.5 Å². The maximum Gasteiger partial charge on any atom is 0.244 e. The molecule has 0 radical (unpaired) electrons. The van der Waals surface area contributed by atoms with Gasteiger partial charge in [0.05, 0.1) is 21.4 Å². The molecule has 2 aliphatic rings. The molecular weight excluding hydrogens is 951 g/mol. The van der Waals surface area contributed by atoms with E-state index in [2.05, 4.69) is 9.97 Å². The fourth-order valence-corrected chi connectivity index (χ4v) is 12.4. The van der Waals surface area contributed by atoms with Crippen LogP contribution in [0.3, 0.4) is 0 Å². The number of hydrogen-bond donors (Lipinski definition) is 0. The summed E-state index contributed by atoms with van der Waals surface area (Å²) in [6.07, 6.45) is 0. The highest BCUT2D eigenvalue weighted by Gasteiger charge is 2.32. The molecule has 0 aliphatic carbocycles. The van der Waals surface area contributed by atoms with Crippen LogP contribution in [0, 0.1) is 23.3 Å². The van der Waals surface area contributed by atoms with E-state index in [1.54, 1.807) is 10.8 Å². The summed E-state index contributed by atoms with van der Waals surface area (Å²) in [5.74, 6) is -3.17. The van der Waals surface area contributed by atoms with Crippen LogP contribution in [0.2, 0.25) is 20.1 Å². The molecule has 0 N–H and O–H groups in total. The van der Waals surface area contributed by atoms with Crippen molar-refractivity contribution in [2.45, 2.75) is 9.79 Å². The molecule has 0 atom stereocenters. The van der Waals surface area contributed by atoms with Gasteiger partial charge in [0.2, 0.25) is 20.0 Å². The molecule has 0 unspecified atom stereocenters. The van der Waals surface area contributed by atoms with Gasteiger partial charge in [-0.3, -0.25) is 0 Å². The average molecular weight is 981 g/mol. The van der Waals surface area contributed by atoms with Gasteiger partial charge in [-0.15, -0.1) is 22.7 Å². The van der Waals surface area contributed by atoms with Crippen molar-refractivity contribution in [3.05, 3.63) is 127 Å². The topological polar surface area (TPSA) is 107 Å². The zero-order valence-corrected chi connectivity index (χ0v) is 37.0. The van der Waals surface area contributed by atoms with Gasteiger partial charge in [-0.2, -0.15) is 8.61 Å². The van der Waals surface area contributed by atoms with Crippen LogP contribution in [0.5, 0.6) is 0 Å². The number of benzene rings is 4. The molecule has 2 saturated heterocycles. The Labute approximate surface area is 371 Å². The summed E-state index contributed by atoms with van der Waals surface area (Å²) in [5.41, 5.74) is 1.84. The van der Waals surface area contributed by atoms with Crippen molar-refractivity contribution in [2.24, 2.45) is 0 Å². The number of anilines is 2. The molecule has 0 bridgehead atoms. The van der Waals surface area contributed by atoms with E-state index in [1.807, 2.05) is 9.80 Å². The zero-order valence-electron chi connectivity index (χ0n) is 30.7. The largest absolute Gasteiger partial charge is 0.345 e. The summed E-state index contributed by atoms with van der Waals surface area (Å²) in [5, 5.41) is 5.73. The minimum Gasteiger partial charge on any atom is -0.345 e. The lowest BCUT2D eigenvalue weighted by atomic mass is 10.1. The predicted octanol–water partition coefficient (Wildman–Crippen LogP) is 9.81. The number of piperazine rings is 2. The quantitative estimate of drug-likeness (QED) is 0.139. The molecule has 316 valence electrons. The van der Waals surface area contributed by atoms with Crippen molar-refractivity contribution in [1.82, 2.24) is 18.6 Å². The second kappa shape index (κ2) is 18.4. The van der Waals surface area contributed by atoms with E-state index in [0.29, 0.717) is 69.0 Å². The minimum atomic E-state index is -3.75. The van der Waals surface area contributed by atoms with Gasteiger partial charge in [0, 0.05) is 90.4 Å². The lowest BCUT2D eigenvalue weighted by Gasteiger charge is -2.33. The van der Waals surface area contributed by atoms with E-state index in [4.69, 9.17) is 46.4 Å². The van der Waals surface area contributed by atoms with E-state index in [0.717, 1.165) is 18.2 Å². The Bertz CT molecular complexity index is 2750. The van der Waals surface area contributed by atoms with Crippen molar-refractivity contribution in [3.63, 3.8) is 0 Å². The highest BCUT2D eigenvalue weighted by molar-refractivity contribution is 7.89. The second-order valence-corrected chi connectivity index (χ2v) is 20.4. The third kappa shape index (κ3) is 9.88. The third-order valence-corrected chi connectivity index (χ3v) is 16.4. The van der Waals surface area contributed by atoms with E-state index in [-0.39, 0.29) is 46.0 Å². The predicted molar refractivity (Wildman–Crippen MR) is 230 cm³/mol. The molecule has 0 saturated carbocycles. The van der Waals surface area contributed by atoms with Gasteiger partial charge >= 0.3 is 0 Å².